The van der Waals surface area contributed by atoms with Crippen LogP contribution in [0.1, 0.15) is 16.7 Å². The molecule has 296 valence electrons. The topological polar surface area (TPSA) is 80.3 Å². The van der Waals surface area contributed by atoms with Crippen LogP contribution in [-0.2, 0) is 6.18 Å². The number of aryl methyl sites for hydroxylation is 1. The van der Waals surface area contributed by atoms with Crippen LogP contribution in [-0.4, -0.2) is 24.5 Å². The molecule has 0 saturated heterocycles. The molecule has 0 atom stereocenters. The molecular formula is C53H33F3N6. The van der Waals surface area contributed by atoms with Gasteiger partial charge in [-0.2, -0.15) is 18.4 Å². The lowest BCUT2D eigenvalue weighted by atomic mass is 9.95. The molecule has 0 N–H and O–H groups in total. The maximum Gasteiger partial charge on any atom is 0.416 e. The molecule has 0 aliphatic heterocycles. The molecule has 9 heteroatoms. The van der Waals surface area contributed by atoms with Gasteiger partial charge in [0.05, 0.1) is 56.7 Å². The number of rotatable bonds is 7. The first-order valence-electron chi connectivity index (χ1n) is 19.9. The smallest absolute Gasteiger partial charge is 0.308 e. The van der Waals surface area contributed by atoms with Gasteiger partial charge in [-0.3, -0.25) is 0 Å². The third-order valence-electron chi connectivity index (χ3n) is 10.9. The lowest BCUT2D eigenvalue weighted by Gasteiger charge is -2.21. The van der Waals surface area contributed by atoms with E-state index in [4.69, 9.17) is 19.9 Å². The molecule has 0 radical (unpaired) electrons. The van der Waals surface area contributed by atoms with E-state index >= 15 is 0 Å². The minimum absolute atomic E-state index is 0.300. The first kappa shape index (κ1) is 38.0. The Balaban J connectivity index is 1.39. The number of aromatic nitrogens is 5. The number of benzene rings is 7. The van der Waals surface area contributed by atoms with E-state index in [0.717, 1.165) is 39.3 Å². The molecule has 10 aromatic rings. The Bertz CT molecular complexity index is 3080. The van der Waals surface area contributed by atoms with Gasteiger partial charge in [-0.05, 0) is 55.0 Å². The van der Waals surface area contributed by atoms with Gasteiger partial charge in [0.15, 0.2) is 11.6 Å². The van der Waals surface area contributed by atoms with E-state index in [9.17, 15) is 18.4 Å². The zero-order valence-electron chi connectivity index (χ0n) is 33.1. The van der Waals surface area contributed by atoms with Crippen molar-refractivity contribution in [3.05, 3.63) is 199 Å². The molecule has 7 aromatic carbocycles. The summed E-state index contributed by atoms with van der Waals surface area (Å²) < 4.78 is 46.0. The van der Waals surface area contributed by atoms with Crippen LogP contribution in [0.3, 0.4) is 0 Å². The highest BCUT2D eigenvalue weighted by molar-refractivity contribution is 6.11. The number of halogens is 3. The van der Waals surface area contributed by atoms with Crippen molar-refractivity contribution in [3.63, 3.8) is 0 Å². The van der Waals surface area contributed by atoms with Crippen molar-refractivity contribution in [2.45, 2.75) is 13.1 Å². The summed E-state index contributed by atoms with van der Waals surface area (Å²) in [6, 6.07) is 58.0. The highest BCUT2D eigenvalue weighted by atomic mass is 19.4. The summed E-state index contributed by atoms with van der Waals surface area (Å²) in [7, 11) is 0. The number of nitrogens with zero attached hydrogens (tertiary/aromatic N) is 6. The van der Waals surface area contributed by atoms with Crippen LogP contribution in [0.2, 0.25) is 0 Å². The predicted octanol–water partition coefficient (Wildman–Crippen LogP) is 13.6. The zero-order chi connectivity index (χ0) is 42.4. The van der Waals surface area contributed by atoms with Crippen molar-refractivity contribution < 1.29 is 13.2 Å². The number of hydrogen-bond donors (Lipinski definition) is 0. The summed E-state index contributed by atoms with van der Waals surface area (Å²) in [6.45, 7) is 1.95. The second-order valence-electron chi connectivity index (χ2n) is 15.0. The maximum atomic E-state index is 14.7. The summed E-state index contributed by atoms with van der Waals surface area (Å²) in [5.41, 5.74) is 8.28. The summed E-state index contributed by atoms with van der Waals surface area (Å²) >= 11 is 0. The van der Waals surface area contributed by atoms with E-state index in [1.165, 1.54) is 12.1 Å². The fourth-order valence-corrected chi connectivity index (χ4v) is 7.99. The van der Waals surface area contributed by atoms with Gasteiger partial charge in [0.1, 0.15) is 0 Å². The van der Waals surface area contributed by atoms with Gasteiger partial charge >= 0.3 is 6.18 Å². The first-order chi connectivity index (χ1) is 30.2. The molecule has 0 saturated carbocycles. The molecule has 6 nitrogen and oxygen atoms in total. The van der Waals surface area contributed by atoms with Crippen LogP contribution >= 0.6 is 0 Å². The minimum Gasteiger partial charge on any atom is -0.308 e. The monoisotopic (exact) mass is 810 g/mol. The van der Waals surface area contributed by atoms with E-state index in [0.29, 0.717) is 73.2 Å². The predicted molar refractivity (Wildman–Crippen MR) is 239 cm³/mol. The summed E-state index contributed by atoms with van der Waals surface area (Å²) in [4.78, 5) is 20.5. The SMILES string of the molecule is Cc1ccc2c3ccc(C(F)(F)F)cc3n(-c3c(-c4cc(-c5ccccc5)nc(-c5ccccc5)n4)cc(C#N)cc3-c3cc(-c4ccccc4)nc(-c4ccccc4)n3)c2c1. The second-order valence-corrected chi connectivity index (χ2v) is 15.0. The Morgan fingerprint density at radius 1 is 0.468 bits per heavy atom. The number of nitriles is 1. The Hall–Kier alpha value is -8.22. The fraction of sp³-hybridized carbons (Fsp3) is 0.0377. The molecule has 0 spiro atoms. The van der Waals surface area contributed by atoms with Crippen molar-refractivity contribution in [1.29, 1.82) is 5.26 Å². The average Bonchev–Trinajstić information content (AvgIpc) is 3.63. The second kappa shape index (κ2) is 15.4. The van der Waals surface area contributed by atoms with Gasteiger partial charge in [0.25, 0.3) is 0 Å². The van der Waals surface area contributed by atoms with Crippen molar-refractivity contribution in [2.24, 2.45) is 0 Å². The Labute approximate surface area is 354 Å². The van der Waals surface area contributed by atoms with Crippen LogP contribution < -0.4 is 0 Å². The van der Waals surface area contributed by atoms with Gasteiger partial charge in [0, 0.05) is 44.2 Å². The molecule has 3 aromatic heterocycles. The molecule has 3 heterocycles. The number of hydrogen-bond acceptors (Lipinski definition) is 5. The number of fused-ring (bicyclic) bond motifs is 3. The Morgan fingerprint density at radius 3 is 1.34 bits per heavy atom. The molecule has 0 bridgehead atoms. The van der Waals surface area contributed by atoms with Crippen LogP contribution in [0.4, 0.5) is 13.2 Å². The zero-order valence-corrected chi connectivity index (χ0v) is 33.1. The molecule has 10 rings (SSSR count). The van der Waals surface area contributed by atoms with Gasteiger partial charge in [-0.15, -0.1) is 0 Å². The lowest BCUT2D eigenvalue weighted by molar-refractivity contribution is -0.137. The summed E-state index contributed by atoms with van der Waals surface area (Å²) in [6.07, 6.45) is -4.62. The fourth-order valence-electron chi connectivity index (χ4n) is 7.99. The van der Waals surface area contributed by atoms with Crippen LogP contribution in [0.5, 0.6) is 0 Å². The summed E-state index contributed by atoms with van der Waals surface area (Å²) in [5, 5.41) is 12.2. The summed E-state index contributed by atoms with van der Waals surface area (Å²) in [5.74, 6) is 0.878. The lowest BCUT2D eigenvalue weighted by Crippen LogP contribution is -2.07. The van der Waals surface area contributed by atoms with Crippen molar-refractivity contribution in [3.8, 4) is 79.6 Å². The Morgan fingerprint density at radius 2 is 0.887 bits per heavy atom. The molecule has 0 aliphatic carbocycles. The van der Waals surface area contributed by atoms with Gasteiger partial charge in [-0.1, -0.05) is 140 Å². The standard InChI is InChI=1S/C53H33F3N6/c1-33-22-24-40-41-25-23-39(53(54,55)56)29-49(41)62(48(40)26-33)50-42(46-30-44(35-14-6-2-7-15-35)58-51(60-46)37-18-10-4-11-19-37)27-34(32-57)28-43(50)47-31-45(36-16-8-3-9-17-36)59-52(61-47)38-20-12-5-13-21-38/h2-31H,1H3. The van der Waals surface area contributed by atoms with E-state index in [1.807, 2.05) is 163 Å². The third kappa shape index (κ3) is 7.03. The van der Waals surface area contributed by atoms with E-state index in [-0.39, 0.29) is 0 Å². The van der Waals surface area contributed by atoms with Crippen molar-refractivity contribution in [2.75, 3.05) is 0 Å². The average molecular weight is 811 g/mol. The van der Waals surface area contributed by atoms with Crippen molar-refractivity contribution >= 4 is 21.8 Å². The number of alkyl halides is 3. The van der Waals surface area contributed by atoms with Gasteiger partial charge in [0.2, 0.25) is 0 Å². The molecule has 0 aliphatic rings. The van der Waals surface area contributed by atoms with E-state index in [1.54, 1.807) is 12.1 Å². The van der Waals surface area contributed by atoms with E-state index < -0.39 is 11.7 Å². The van der Waals surface area contributed by atoms with Gasteiger partial charge in [-0.25, -0.2) is 19.9 Å². The third-order valence-corrected chi connectivity index (χ3v) is 10.9. The molecule has 0 unspecified atom stereocenters. The van der Waals surface area contributed by atoms with Crippen LogP contribution in [0, 0.1) is 18.3 Å². The highest BCUT2D eigenvalue weighted by Gasteiger charge is 2.32. The molecule has 0 amide bonds. The van der Waals surface area contributed by atoms with E-state index in [2.05, 4.69) is 6.07 Å². The molecule has 62 heavy (non-hydrogen) atoms. The molecular weight excluding hydrogens is 778 g/mol. The minimum atomic E-state index is -4.62. The Kier molecular flexibility index (Phi) is 9.46. The highest BCUT2D eigenvalue weighted by Crippen LogP contribution is 2.44. The molecule has 0 fully saturated rings. The maximum absolute atomic E-state index is 14.7. The first-order valence-corrected chi connectivity index (χ1v) is 19.9. The normalized spacial score (nSPS) is 11.5. The largest absolute Gasteiger partial charge is 0.416 e. The van der Waals surface area contributed by atoms with Gasteiger partial charge < -0.3 is 4.57 Å². The van der Waals surface area contributed by atoms with Crippen molar-refractivity contribution in [1.82, 2.24) is 24.5 Å². The van der Waals surface area contributed by atoms with Crippen LogP contribution in [0.15, 0.2) is 182 Å². The quantitative estimate of drug-likeness (QED) is 0.160. The van der Waals surface area contributed by atoms with Crippen LogP contribution in [0.25, 0.3) is 95.3 Å².